The Hall–Kier alpha value is -1.54. The number of aliphatic hydroxyl groups excluding tert-OH is 3. The van der Waals surface area contributed by atoms with E-state index in [1.54, 1.807) is 12.3 Å². The first-order chi connectivity index (χ1) is 8.54. The predicted octanol–water partition coefficient (Wildman–Crippen LogP) is -1.87. The minimum Gasteiger partial charge on any atom is -0.394 e. The normalized spacial score (nSPS) is 29.8. The van der Waals surface area contributed by atoms with Gasteiger partial charge >= 0.3 is 0 Å². The second-order valence-corrected chi connectivity index (χ2v) is 4.13. The lowest BCUT2D eigenvalue weighted by atomic mass is 10.1. The van der Waals surface area contributed by atoms with Gasteiger partial charge in [-0.2, -0.15) is 4.57 Å². The van der Waals surface area contributed by atoms with Crippen molar-refractivity contribution in [2.24, 2.45) is 5.73 Å². The van der Waals surface area contributed by atoms with Crippen molar-refractivity contribution >= 4 is 5.91 Å². The maximum atomic E-state index is 11.1. The number of ether oxygens (including phenoxy) is 1. The van der Waals surface area contributed by atoms with Crippen LogP contribution in [0.2, 0.25) is 0 Å². The summed E-state index contributed by atoms with van der Waals surface area (Å²) in [6, 6.07) is 3.11. The summed E-state index contributed by atoms with van der Waals surface area (Å²) in [5.74, 6) is -0.601. The highest BCUT2D eigenvalue weighted by Crippen LogP contribution is 2.24. The van der Waals surface area contributed by atoms with Crippen LogP contribution < -0.4 is 10.3 Å². The molecule has 106 valence electrons. The highest BCUT2D eigenvalue weighted by atomic mass is 16.6. The molecule has 1 aromatic heterocycles. The molecule has 1 aliphatic rings. The zero-order chi connectivity index (χ0) is 13.3. The highest BCUT2D eigenvalue weighted by molar-refractivity contribution is 5.92. The molecule has 1 amide bonds. The van der Waals surface area contributed by atoms with Crippen molar-refractivity contribution in [1.29, 1.82) is 0 Å². The topological polar surface area (TPSA) is 117 Å². The highest BCUT2D eigenvalue weighted by Gasteiger charge is 2.47. The van der Waals surface area contributed by atoms with Crippen LogP contribution in [0.15, 0.2) is 24.5 Å². The lowest BCUT2D eigenvalue weighted by Crippen LogP contribution is -2.46. The van der Waals surface area contributed by atoms with Crippen LogP contribution in [0, 0.1) is 7.43 Å². The summed E-state index contributed by atoms with van der Waals surface area (Å²) >= 11 is 0. The molecule has 1 unspecified atom stereocenters. The molecule has 0 aliphatic carbocycles. The van der Waals surface area contributed by atoms with Gasteiger partial charge in [0.05, 0.1) is 6.61 Å². The van der Waals surface area contributed by atoms with E-state index in [1.165, 1.54) is 16.8 Å². The number of nitrogens with zero attached hydrogens (tertiary/aromatic N) is 1. The van der Waals surface area contributed by atoms with Gasteiger partial charge in [0.15, 0.2) is 18.5 Å². The van der Waals surface area contributed by atoms with Crippen LogP contribution in [0.5, 0.6) is 0 Å². The fraction of sp³-hybridized carbons (Fsp3) is 0.417. The molecule has 4 atom stereocenters. The minimum atomic E-state index is -1.18. The number of aromatic nitrogens is 1. The Morgan fingerprint density at radius 2 is 2.11 bits per heavy atom. The van der Waals surface area contributed by atoms with Gasteiger partial charge in [-0.05, 0) is 6.07 Å². The monoisotopic (exact) mass is 270 g/mol. The average molecular weight is 270 g/mol. The first-order valence-corrected chi connectivity index (χ1v) is 5.47. The summed E-state index contributed by atoms with van der Waals surface area (Å²) in [5, 5.41) is 28.4. The molecular weight excluding hydrogens is 252 g/mol. The van der Waals surface area contributed by atoms with Crippen molar-refractivity contribution in [2.75, 3.05) is 6.61 Å². The fourth-order valence-corrected chi connectivity index (χ4v) is 1.92. The van der Waals surface area contributed by atoms with E-state index in [0.717, 1.165) is 0 Å². The number of pyridine rings is 1. The SMILES string of the molecule is NC(=O)c1ccc[n+]([C@@H]2O[C@H](CO)C(O)[C@@H]2O)c1.[CH3-]. The van der Waals surface area contributed by atoms with Crippen LogP contribution in [0.25, 0.3) is 0 Å². The van der Waals surface area contributed by atoms with Crippen LogP contribution in [0.1, 0.15) is 16.6 Å². The Morgan fingerprint density at radius 1 is 1.42 bits per heavy atom. The number of primary amides is 1. The number of amides is 1. The van der Waals surface area contributed by atoms with Crippen LogP contribution >= 0.6 is 0 Å². The number of hydrogen-bond donors (Lipinski definition) is 4. The number of aliphatic hydroxyl groups is 3. The van der Waals surface area contributed by atoms with E-state index < -0.39 is 37.1 Å². The zero-order valence-corrected chi connectivity index (χ0v) is 10.5. The van der Waals surface area contributed by atoms with Crippen LogP contribution in [0.4, 0.5) is 0 Å². The Balaban J connectivity index is 0.00000180. The molecule has 0 saturated carbocycles. The Bertz CT molecular complexity index is 454. The first-order valence-electron chi connectivity index (χ1n) is 5.47. The third-order valence-corrected chi connectivity index (χ3v) is 2.92. The quantitative estimate of drug-likeness (QED) is 0.379. The molecule has 7 nitrogen and oxygen atoms in total. The van der Waals surface area contributed by atoms with E-state index in [9.17, 15) is 15.0 Å². The number of nitrogens with two attached hydrogens (primary N) is 1. The van der Waals surface area contributed by atoms with E-state index in [2.05, 4.69) is 0 Å². The number of carbonyl (C=O) groups is 1. The third-order valence-electron chi connectivity index (χ3n) is 2.92. The van der Waals surface area contributed by atoms with Gasteiger partial charge in [0.1, 0.15) is 17.8 Å². The molecule has 1 saturated heterocycles. The molecule has 1 aliphatic heterocycles. The second-order valence-electron chi connectivity index (χ2n) is 4.13. The summed E-state index contributed by atoms with van der Waals surface area (Å²) in [7, 11) is 0. The summed E-state index contributed by atoms with van der Waals surface area (Å²) in [5.41, 5.74) is 5.41. The molecule has 0 bridgehead atoms. The van der Waals surface area contributed by atoms with Gasteiger partial charge in [-0.3, -0.25) is 4.79 Å². The molecular formula is C12H18N2O5. The van der Waals surface area contributed by atoms with Gasteiger partial charge < -0.3 is 33.2 Å². The van der Waals surface area contributed by atoms with Crippen molar-refractivity contribution in [3.63, 3.8) is 0 Å². The molecule has 1 fully saturated rings. The molecule has 2 rings (SSSR count). The van der Waals surface area contributed by atoms with Crippen molar-refractivity contribution in [1.82, 2.24) is 0 Å². The Kier molecular flexibility index (Phi) is 4.96. The van der Waals surface area contributed by atoms with Gasteiger partial charge in [-0.25, -0.2) is 0 Å². The van der Waals surface area contributed by atoms with E-state index in [0.29, 0.717) is 0 Å². The summed E-state index contributed by atoms with van der Waals surface area (Å²) in [4.78, 5) is 11.1. The van der Waals surface area contributed by atoms with Crippen molar-refractivity contribution in [3.05, 3.63) is 37.5 Å². The van der Waals surface area contributed by atoms with Gasteiger partial charge in [0, 0.05) is 6.07 Å². The second kappa shape index (κ2) is 6.07. The lowest BCUT2D eigenvalue weighted by Gasteiger charge is -2.09. The predicted molar refractivity (Wildman–Crippen MR) is 64.6 cm³/mol. The van der Waals surface area contributed by atoms with Gasteiger partial charge in [-0.1, -0.05) is 0 Å². The zero-order valence-electron chi connectivity index (χ0n) is 10.5. The molecule has 19 heavy (non-hydrogen) atoms. The van der Waals surface area contributed by atoms with E-state index in [-0.39, 0.29) is 13.0 Å². The maximum absolute atomic E-state index is 11.1. The molecule has 5 N–H and O–H groups in total. The van der Waals surface area contributed by atoms with Crippen molar-refractivity contribution in [3.8, 4) is 0 Å². The fourth-order valence-electron chi connectivity index (χ4n) is 1.92. The van der Waals surface area contributed by atoms with Crippen LogP contribution in [-0.2, 0) is 4.74 Å². The van der Waals surface area contributed by atoms with Gasteiger partial charge in [0.25, 0.3) is 12.1 Å². The van der Waals surface area contributed by atoms with E-state index in [4.69, 9.17) is 15.6 Å². The number of hydrogen-bond acceptors (Lipinski definition) is 5. The smallest absolute Gasteiger partial charge is 0.292 e. The first kappa shape index (κ1) is 15.5. The maximum Gasteiger partial charge on any atom is 0.292 e. The Labute approximate surface area is 110 Å². The van der Waals surface area contributed by atoms with Gasteiger partial charge in [0.2, 0.25) is 0 Å². The van der Waals surface area contributed by atoms with Gasteiger partial charge in [-0.15, -0.1) is 0 Å². The number of carbonyl (C=O) groups excluding carboxylic acids is 1. The van der Waals surface area contributed by atoms with E-state index >= 15 is 0 Å². The molecule has 0 spiro atoms. The van der Waals surface area contributed by atoms with Crippen LogP contribution in [-0.4, -0.2) is 46.1 Å². The molecule has 2 heterocycles. The molecule has 0 radical (unpaired) electrons. The lowest BCUT2D eigenvalue weighted by molar-refractivity contribution is -0.765. The third kappa shape index (κ3) is 2.90. The number of rotatable bonds is 3. The summed E-state index contributed by atoms with van der Waals surface area (Å²) in [6.07, 6.45) is -1.08. The van der Waals surface area contributed by atoms with Crippen LogP contribution in [0.3, 0.4) is 0 Å². The van der Waals surface area contributed by atoms with E-state index in [1.807, 2.05) is 0 Å². The largest absolute Gasteiger partial charge is 0.394 e. The molecule has 0 aromatic carbocycles. The average Bonchev–Trinajstić information content (AvgIpc) is 2.66. The minimum absolute atomic E-state index is 0. The summed E-state index contributed by atoms with van der Waals surface area (Å²) < 4.78 is 6.75. The Morgan fingerprint density at radius 3 is 2.63 bits per heavy atom. The molecule has 1 aromatic rings. The molecule has 7 heteroatoms. The summed E-state index contributed by atoms with van der Waals surface area (Å²) in [6.45, 7) is -0.398. The standard InChI is InChI=1S/C11H14N2O5.CH3/c12-10(17)6-2-1-3-13(4-6)11-9(16)8(15)7(5-14)18-11;/h1-4,7-9,11,14-16H,5H2,(H-,12,17);1H3/q;-1/p+1/t7-,8?,9+,11-;/m1./s1. The van der Waals surface area contributed by atoms with Crippen molar-refractivity contribution in [2.45, 2.75) is 24.5 Å². The van der Waals surface area contributed by atoms with Crippen molar-refractivity contribution < 1.29 is 29.4 Å².